The van der Waals surface area contributed by atoms with E-state index < -0.39 is 12.1 Å². The summed E-state index contributed by atoms with van der Waals surface area (Å²) in [7, 11) is 0. The maximum absolute atomic E-state index is 12.4. The van der Waals surface area contributed by atoms with Gasteiger partial charge in [0.25, 0.3) is 0 Å². The van der Waals surface area contributed by atoms with Crippen LogP contribution in [0.4, 0.5) is 0 Å². The van der Waals surface area contributed by atoms with Gasteiger partial charge in [0.1, 0.15) is 0 Å². The monoisotopic (exact) mass is 688 g/mol. The average Bonchev–Trinajstić information content (AvgIpc) is 3.10. The fraction of sp³-hybridized carbons (Fsp3) is 0.844. The van der Waals surface area contributed by atoms with Crippen LogP contribution in [0.25, 0.3) is 0 Å². The molecule has 3 N–H and O–H groups in total. The summed E-state index contributed by atoms with van der Waals surface area (Å²) >= 11 is 0. The second-order valence-corrected chi connectivity index (χ2v) is 14.8. The normalized spacial score (nSPS) is 13.3. The van der Waals surface area contributed by atoms with Crippen LogP contribution in [0.1, 0.15) is 226 Å². The Balaban J connectivity index is 3.58. The summed E-state index contributed by atoms with van der Waals surface area (Å²) < 4.78 is 0. The summed E-state index contributed by atoms with van der Waals surface area (Å²) in [6, 6.07) is -0.639. The molecule has 0 spiro atoms. The summed E-state index contributed by atoms with van der Waals surface area (Å²) in [6.07, 6.45) is 54.0. The van der Waals surface area contributed by atoms with Gasteiger partial charge in [0.05, 0.1) is 18.8 Å². The highest BCUT2D eigenvalue weighted by molar-refractivity contribution is 5.76. The topological polar surface area (TPSA) is 69.6 Å². The first kappa shape index (κ1) is 47.6. The van der Waals surface area contributed by atoms with Crippen molar-refractivity contribution in [1.29, 1.82) is 0 Å². The fourth-order valence-electron chi connectivity index (χ4n) is 6.48. The Hall–Kier alpha value is -1.39. The highest BCUT2D eigenvalue weighted by atomic mass is 16.3. The van der Waals surface area contributed by atoms with Crippen LogP contribution >= 0.6 is 0 Å². The number of carbonyl (C=O) groups is 1. The van der Waals surface area contributed by atoms with Crippen molar-refractivity contribution in [2.24, 2.45) is 0 Å². The molecule has 0 saturated heterocycles. The second-order valence-electron chi connectivity index (χ2n) is 14.8. The molecule has 288 valence electrons. The maximum Gasteiger partial charge on any atom is 0.220 e. The molecule has 0 radical (unpaired) electrons. The maximum atomic E-state index is 12.4. The van der Waals surface area contributed by atoms with Crippen molar-refractivity contribution in [2.45, 2.75) is 238 Å². The molecule has 0 heterocycles. The van der Waals surface area contributed by atoms with E-state index in [1.54, 1.807) is 6.08 Å². The standard InChI is InChI=1S/C45H85NO3/c1-3-5-7-9-11-13-15-17-19-20-21-22-23-24-25-26-27-29-31-33-35-37-39-41-45(49)46-43(42-47)44(48)40-38-36-34-32-30-28-18-16-14-12-10-8-6-4-2/h24-25,30,32,38,40,43-44,47-48H,3-23,26-29,31,33-37,39,41-42H2,1-2H3,(H,46,49)/b25-24-,32-30+,40-38+. The number of amides is 1. The number of carbonyl (C=O) groups excluding carboxylic acids is 1. The predicted molar refractivity (Wildman–Crippen MR) is 216 cm³/mol. The van der Waals surface area contributed by atoms with Crippen LogP contribution in [0.3, 0.4) is 0 Å². The van der Waals surface area contributed by atoms with Crippen LogP contribution < -0.4 is 5.32 Å². The molecule has 0 aromatic carbocycles. The van der Waals surface area contributed by atoms with Crippen LogP contribution in [0.2, 0.25) is 0 Å². The third-order valence-electron chi connectivity index (χ3n) is 9.85. The quantitative estimate of drug-likeness (QED) is 0.0445. The van der Waals surface area contributed by atoms with Gasteiger partial charge in [0.2, 0.25) is 5.91 Å². The minimum atomic E-state index is -0.862. The Morgan fingerprint density at radius 2 is 0.796 bits per heavy atom. The fourth-order valence-corrected chi connectivity index (χ4v) is 6.48. The van der Waals surface area contributed by atoms with Gasteiger partial charge in [0, 0.05) is 6.42 Å². The number of nitrogens with one attached hydrogen (secondary N) is 1. The zero-order valence-electron chi connectivity index (χ0n) is 33.0. The molecule has 0 aromatic rings. The van der Waals surface area contributed by atoms with Gasteiger partial charge in [-0.3, -0.25) is 4.79 Å². The lowest BCUT2D eigenvalue weighted by atomic mass is 10.0. The van der Waals surface area contributed by atoms with Gasteiger partial charge in [0.15, 0.2) is 0 Å². The molecule has 4 heteroatoms. The van der Waals surface area contributed by atoms with Crippen molar-refractivity contribution in [1.82, 2.24) is 5.32 Å². The van der Waals surface area contributed by atoms with E-state index >= 15 is 0 Å². The van der Waals surface area contributed by atoms with E-state index in [9.17, 15) is 15.0 Å². The van der Waals surface area contributed by atoms with Crippen LogP contribution in [0, 0.1) is 0 Å². The molecule has 1 amide bonds. The Labute approximate surface area is 306 Å². The Bertz CT molecular complexity index is 746. The van der Waals surface area contributed by atoms with Crippen molar-refractivity contribution >= 4 is 5.91 Å². The summed E-state index contributed by atoms with van der Waals surface area (Å²) in [5, 5.41) is 22.9. The van der Waals surface area contributed by atoms with E-state index in [4.69, 9.17) is 0 Å². The number of unbranched alkanes of at least 4 members (excludes halogenated alkanes) is 28. The number of aliphatic hydroxyl groups is 2. The molecule has 0 saturated carbocycles. The van der Waals surface area contributed by atoms with Crippen molar-refractivity contribution in [3.63, 3.8) is 0 Å². The Kier molecular flexibility index (Phi) is 39.9. The smallest absolute Gasteiger partial charge is 0.220 e. The third-order valence-corrected chi connectivity index (χ3v) is 9.85. The molecule has 0 aliphatic heterocycles. The van der Waals surface area contributed by atoms with E-state index in [2.05, 4.69) is 43.5 Å². The van der Waals surface area contributed by atoms with E-state index in [0.29, 0.717) is 6.42 Å². The largest absolute Gasteiger partial charge is 0.394 e. The zero-order valence-corrected chi connectivity index (χ0v) is 33.0. The van der Waals surface area contributed by atoms with Crippen LogP contribution in [0.5, 0.6) is 0 Å². The van der Waals surface area contributed by atoms with Gasteiger partial charge in [-0.2, -0.15) is 0 Å². The first-order valence-electron chi connectivity index (χ1n) is 21.7. The van der Waals surface area contributed by atoms with Gasteiger partial charge < -0.3 is 15.5 Å². The Morgan fingerprint density at radius 1 is 0.469 bits per heavy atom. The molecule has 0 aromatic heterocycles. The average molecular weight is 688 g/mol. The van der Waals surface area contributed by atoms with E-state index in [1.165, 1.54) is 173 Å². The van der Waals surface area contributed by atoms with Crippen LogP contribution in [-0.4, -0.2) is 34.9 Å². The zero-order chi connectivity index (χ0) is 35.7. The molecule has 0 fully saturated rings. The van der Waals surface area contributed by atoms with Crippen molar-refractivity contribution in [2.75, 3.05) is 6.61 Å². The molecule has 2 unspecified atom stereocenters. The number of allylic oxidation sites excluding steroid dienone is 5. The lowest BCUT2D eigenvalue weighted by Gasteiger charge is -2.19. The summed E-state index contributed by atoms with van der Waals surface area (Å²) in [4.78, 5) is 12.4. The molecule has 2 atom stereocenters. The molecule has 4 nitrogen and oxygen atoms in total. The van der Waals surface area contributed by atoms with Crippen molar-refractivity contribution in [3.05, 3.63) is 36.5 Å². The highest BCUT2D eigenvalue weighted by Gasteiger charge is 2.17. The van der Waals surface area contributed by atoms with E-state index in [-0.39, 0.29) is 12.5 Å². The lowest BCUT2D eigenvalue weighted by molar-refractivity contribution is -0.123. The predicted octanol–water partition coefficient (Wildman–Crippen LogP) is 13.4. The van der Waals surface area contributed by atoms with Gasteiger partial charge in [-0.1, -0.05) is 198 Å². The minimum absolute atomic E-state index is 0.0781. The van der Waals surface area contributed by atoms with Gasteiger partial charge in [-0.25, -0.2) is 0 Å². The van der Waals surface area contributed by atoms with Gasteiger partial charge in [-0.05, 0) is 57.8 Å². The summed E-state index contributed by atoms with van der Waals surface area (Å²) in [5.41, 5.74) is 0. The molecule has 49 heavy (non-hydrogen) atoms. The molecule has 0 aliphatic carbocycles. The number of rotatable bonds is 39. The highest BCUT2D eigenvalue weighted by Crippen LogP contribution is 2.14. The van der Waals surface area contributed by atoms with Crippen molar-refractivity contribution in [3.8, 4) is 0 Å². The van der Waals surface area contributed by atoms with E-state index in [0.717, 1.165) is 32.1 Å². The molecule has 0 bridgehead atoms. The molecular formula is C45H85NO3. The Morgan fingerprint density at radius 3 is 1.18 bits per heavy atom. The second kappa shape index (κ2) is 41.0. The van der Waals surface area contributed by atoms with Gasteiger partial charge >= 0.3 is 0 Å². The van der Waals surface area contributed by atoms with E-state index in [1.807, 2.05) is 6.08 Å². The number of hydrogen-bond donors (Lipinski definition) is 3. The molecular weight excluding hydrogens is 602 g/mol. The van der Waals surface area contributed by atoms with Crippen molar-refractivity contribution < 1.29 is 15.0 Å². The summed E-state index contributed by atoms with van der Waals surface area (Å²) in [5.74, 6) is -0.0781. The lowest BCUT2D eigenvalue weighted by Crippen LogP contribution is -2.45. The first-order chi connectivity index (χ1) is 24.2. The SMILES string of the molecule is CCCCCCCCCC/C=C/CC/C=C/C(O)C(CO)NC(=O)CCCCCCCCC/C=C\CCCCCCCCCCCCCC. The number of aliphatic hydroxyl groups excluding tert-OH is 2. The first-order valence-corrected chi connectivity index (χ1v) is 21.7. The molecule has 0 aliphatic rings. The van der Waals surface area contributed by atoms with Gasteiger partial charge in [-0.15, -0.1) is 0 Å². The van der Waals surface area contributed by atoms with Crippen LogP contribution in [-0.2, 0) is 4.79 Å². The third kappa shape index (κ3) is 37.7. The molecule has 0 rings (SSSR count). The summed E-state index contributed by atoms with van der Waals surface area (Å²) in [6.45, 7) is 4.29. The minimum Gasteiger partial charge on any atom is -0.394 e. The van der Waals surface area contributed by atoms with Crippen LogP contribution in [0.15, 0.2) is 36.5 Å². The number of hydrogen-bond acceptors (Lipinski definition) is 3.